The average Bonchev–Trinajstić information content (AvgIpc) is 3.13. The summed E-state index contributed by atoms with van der Waals surface area (Å²) in [6.45, 7) is 3.49. The molecule has 25 heavy (non-hydrogen) atoms. The zero-order valence-electron chi connectivity index (χ0n) is 13.9. The number of rotatable bonds is 7. The number of carbonyl (C=O) groups is 2. The third-order valence-corrected chi connectivity index (χ3v) is 3.59. The summed E-state index contributed by atoms with van der Waals surface area (Å²) in [4.78, 5) is 27.4. The summed E-state index contributed by atoms with van der Waals surface area (Å²) in [5.74, 6) is 1.28. The standard InChI is InChI=1S/C15H19N5O5/c1-3-23-14(21)8(2)17-15(22)16-7-12-18-13(20-25-12)10-6-11(24-19-10)9-4-5-9/h6,8-9H,3-5,7H2,1-2H3,(H2,16,17,22). The Morgan fingerprint density at radius 2 is 2.16 bits per heavy atom. The molecule has 0 bridgehead atoms. The average molecular weight is 349 g/mol. The number of nitrogens with one attached hydrogen (secondary N) is 2. The van der Waals surface area contributed by atoms with Crippen LogP contribution in [0.2, 0.25) is 0 Å². The van der Waals surface area contributed by atoms with Gasteiger partial charge < -0.3 is 24.4 Å². The normalized spacial score (nSPS) is 14.8. The molecule has 1 aliphatic carbocycles. The van der Waals surface area contributed by atoms with Gasteiger partial charge in [-0.25, -0.2) is 9.59 Å². The van der Waals surface area contributed by atoms with Crippen LogP contribution in [0.3, 0.4) is 0 Å². The number of amides is 2. The van der Waals surface area contributed by atoms with Crippen molar-refractivity contribution in [3.8, 4) is 11.5 Å². The van der Waals surface area contributed by atoms with Gasteiger partial charge in [0.2, 0.25) is 11.7 Å². The van der Waals surface area contributed by atoms with Gasteiger partial charge in [-0.1, -0.05) is 10.3 Å². The molecule has 0 spiro atoms. The summed E-state index contributed by atoms with van der Waals surface area (Å²) >= 11 is 0. The Kier molecular flexibility index (Phi) is 4.96. The highest BCUT2D eigenvalue weighted by atomic mass is 16.5. The van der Waals surface area contributed by atoms with E-state index >= 15 is 0 Å². The topological polar surface area (TPSA) is 132 Å². The minimum absolute atomic E-state index is 0.0156. The van der Waals surface area contributed by atoms with Gasteiger partial charge in [-0.2, -0.15) is 4.98 Å². The van der Waals surface area contributed by atoms with Gasteiger partial charge in [-0.05, 0) is 26.7 Å². The Labute approximate surface area is 143 Å². The molecule has 10 nitrogen and oxygen atoms in total. The fourth-order valence-electron chi connectivity index (χ4n) is 2.12. The first-order chi connectivity index (χ1) is 12.1. The van der Waals surface area contributed by atoms with Crippen LogP contribution in [0.4, 0.5) is 4.79 Å². The van der Waals surface area contributed by atoms with Crippen molar-refractivity contribution >= 4 is 12.0 Å². The number of ether oxygens (including phenoxy) is 1. The van der Waals surface area contributed by atoms with Crippen LogP contribution < -0.4 is 10.6 Å². The van der Waals surface area contributed by atoms with Crippen molar-refractivity contribution in [1.29, 1.82) is 0 Å². The van der Waals surface area contributed by atoms with Gasteiger partial charge in [0.25, 0.3) is 0 Å². The van der Waals surface area contributed by atoms with E-state index in [0.717, 1.165) is 18.6 Å². The highest BCUT2D eigenvalue weighted by molar-refractivity contribution is 5.83. The van der Waals surface area contributed by atoms with E-state index in [1.165, 1.54) is 6.92 Å². The first-order valence-electron chi connectivity index (χ1n) is 8.07. The molecule has 0 aromatic carbocycles. The van der Waals surface area contributed by atoms with Crippen molar-refractivity contribution in [2.45, 2.75) is 45.2 Å². The molecule has 2 heterocycles. The van der Waals surface area contributed by atoms with Crippen molar-refractivity contribution in [1.82, 2.24) is 25.9 Å². The second-order valence-corrected chi connectivity index (χ2v) is 5.70. The molecule has 1 fully saturated rings. The first kappa shape index (κ1) is 16.9. The maximum atomic E-state index is 11.8. The smallest absolute Gasteiger partial charge is 0.328 e. The Balaban J connectivity index is 1.49. The molecule has 134 valence electrons. The van der Waals surface area contributed by atoms with Gasteiger partial charge >= 0.3 is 12.0 Å². The maximum absolute atomic E-state index is 11.8. The predicted molar refractivity (Wildman–Crippen MR) is 83.2 cm³/mol. The fourth-order valence-corrected chi connectivity index (χ4v) is 2.12. The molecule has 0 radical (unpaired) electrons. The highest BCUT2D eigenvalue weighted by Crippen LogP contribution is 2.40. The van der Waals surface area contributed by atoms with E-state index in [9.17, 15) is 9.59 Å². The van der Waals surface area contributed by atoms with Crippen LogP contribution in [-0.2, 0) is 16.1 Å². The molecule has 0 aliphatic heterocycles. The van der Waals surface area contributed by atoms with E-state index in [1.54, 1.807) is 13.0 Å². The number of esters is 1. The van der Waals surface area contributed by atoms with Gasteiger partial charge in [0.15, 0.2) is 5.69 Å². The number of hydrogen-bond acceptors (Lipinski definition) is 8. The van der Waals surface area contributed by atoms with Crippen LogP contribution in [0, 0.1) is 0 Å². The Bertz CT molecular complexity index is 751. The largest absolute Gasteiger partial charge is 0.464 e. The molecule has 2 N–H and O–H groups in total. The third-order valence-electron chi connectivity index (χ3n) is 3.59. The lowest BCUT2D eigenvalue weighted by Crippen LogP contribution is -2.44. The van der Waals surface area contributed by atoms with Crippen molar-refractivity contribution in [3.05, 3.63) is 17.7 Å². The summed E-state index contributed by atoms with van der Waals surface area (Å²) in [5.41, 5.74) is 0.497. The van der Waals surface area contributed by atoms with E-state index in [-0.39, 0.29) is 19.0 Å². The van der Waals surface area contributed by atoms with Crippen molar-refractivity contribution in [2.24, 2.45) is 0 Å². The highest BCUT2D eigenvalue weighted by Gasteiger charge is 2.28. The quantitative estimate of drug-likeness (QED) is 0.716. The van der Waals surface area contributed by atoms with Crippen LogP contribution in [0.5, 0.6) is 0 Å². The van der Waals surface area contributed by atoms with Gasteiger partial charge in [0.05, 0.1) is 13.2 Å². The lowest BCUT2D eigenvalue weighted by atomic mass is 10.3. The number of urea groups is 1. The van der Waals surface area contributed by atoms with E-state index < -0.39 is 18.0 Å². The summed E-state index contributed by atoms with van der Waals surface area (Å²) in [5, 5.41) is 12.7. The van der Waals surface area contributed by atoms with Crippen LogP contribution >= 0.6 is 0 Å². The monoisotopic (exact) mass is 349 g/mol. The third kappa shape index (κ3) is 4.34. The van der Waals surface area contributed by atoms with Gasteiger partial charge in [0, 0.05) is 12.0 Å². The molecule has 3 rings (SSSR count). The molecule has 1 atom stereocenters. The van der Waals surface area contributed by atoms with Gasteiger partial charge in [-0.15, -0.1) is 0 Å². The van der Waals surface area contributed by atoms with Crippen molar-refractivity contribution < 1.29 is 23.4 Å². The molecular weight excluding hydrogens is 330 g/mol. The van der Waals surface area contributed by atoms with Crippen molar-refractivity contribution in [2.75, 3.05) is 6.61 Å². The first-order valence-corrected chi connectivity index (χ1v) is 8.07. The predicted octanol–water partition coefficient (Wildman–Crippen LogP) is 1.35. The zero-order valence-corrected chi connectivity index (χ0v) is 13.9. The fraction of sp³-hybridized carbons (Fsp3) is 0.533. The minimum Gasteiger partial charge on any atom is -0.464 e. The summed E-state index contributed by atoms with van der Waals surface area (Å²) < 4.78 is 15.1. The molecule has 1 saturated carbocycles. The SMILES string of the molecule is CCOC(=O)C(C)NC(=O)NCc1nc(-c2cc(C3CC3)on2)no1. The van der Waals surface area contributed by atoms with Gasteiger partial charge in [0.1, 0.15) is 11.8 Å². The second-order valence-electron chi connectivity index (χ2n) is 5.70. The summed E-state index contributed by atoms with van der Waals surface area (Å²) in [7, 11) is 0. The second kappa shape index (κ2) is 7.32. The van der Waals surface area contributed by atoms with Crippen LogP contribution in [0.25, 0.3) is 11.5 Å². The number of nitrogens with zero attached hydrogens (tertiary/aromatic N) is 3. The molecule has 1 unspecified atom stereocenters. The summed E-state index contributed by atoms with van der Waals surface area (Å²) in [6.07, 6.45) is 2.21. The molecule has 2 amide bonds. The number of carbonyl (C=O) groups excluding carboxylic acids is 2. The van der Waals surface area contributed by atoms with Gasteiger partial charge in [-0.3, -0.25) is 0 Å². The lowest BCUT2D eigenvalue weighted by Gasteiger charge is -2.12. The molecule has 2 aromatic rings. The Morgan fingerprint density at radius 1 is 1.36 bits per heavy atom. The molecule has 10 heteroatoms. The van der Waals surface area contributed by atoms with E-state index in [4.69, 9.17) is 13.8 Å². The van der Waals surface area contributed by atoms with Crippen molar-refractivity contribution in [3.63, 3.8) is 0 Å². The van der Waals surface area contributed by atoms with E-state index in [1.807, 2.05) is 0 Å². The molecular formula is C15H19N5O5. The van der Waals surface area contributed by atoms with E-state index in [0.29, 0.717) is 17.4 Å². The number of hydrogen-bond donors (Lipinski definition) is 2. The van der Waals surface area contributed by atoms with E-state index in [2.05, 4.69) is 25.9 Å². The lowest BCUT2D eigenvalue weighted by molar-refractivity contribution is -0.144. The molecule has 0 saturated heterocycles. The van der Waals surface area contributed by atoms with Crippen LogP contribution in [0.1, 0.15) is 44.3 Å². The zero-order chi connectivity index (χ0) is 17.8. The molecule has 2 aromatic heterocycles. The Hall–Kier alpha value is -2.91. The maximum Gasteiger partial charge on any atom is 0.328 e. The van der Waals surface area contributed by atoms with Crippen LogP contribution in [-0.4, -0.2) is 39.9 Å². The summed E-state index contributed by atoms with van der Waals surface area (Å²) in [6, 6.07) is 0.500. The minimum atomic E-state index is -0.755. The van der Waals surface area contributed by atoms with Crippen LogP contribution in [0.15, 0.2) is 15.1 Å². The Morgan fingerprint density at radius 3 is 2.88 bits per heavy atom. The number of aromatic nitrogens is 3. The molecule has 1 aliphatic rings.